The SMILES string of the molecule is NC(CC(=O)O)c1cn2cccnc2n1. The van der Waals surface area contributed by atoms with Gasteiger partial charge in [0.15, 0.2) is 0 Å². The molecule has 1 atom stereocenters. The molecule has 0 amide bonds. The number of hydrogen-bond donors (Lipinski definition) is 2. The predicted molar refractivity (Wildman–Crippen MR) is 52.2 cm³/mol. The minimum atomic E-state index is -0.937. The maximum Gasteiger partial charge on any atom is 0.305 e. The van der Waals surface area contributed by atoms with Gasteiger partial charge in [-0.3, -0.25) is 9.20 Å². The summed E-state index contributed by atoms with van der Waals surface area (Å²) in [5, 5.41) is 8.59. The predicted octanol–water partition coefficient (Wildman–Crippen LogP) is 0.204. The average molecular weight is 206 g/mol. The molecule has 2 rings (SSSR count). The third-order valence-corrected chi connectivity index (χ3v) is 2.03. The Morgan fingerprint density at radius 3 is 3.13 bits per heavy atom. The smallest absolute Gasteiger partial charge is 0.305 e. The van der Waals surface area contributed by atoms with Crippen LogP contribution >= 0.6 is 0 Å². The fraction of sp³-hybridized carbons (Fsp3) is 0.222. The summed E-state index contributed by atoms with van der Waals surface area (Å²) >= 11 is 0. The summed E-state index contributed by atoms with van der Waals surface area (Å²) in [6, 6.07) is 1.17. The summed E-state index contributed by atoms with van der Waals surface area (Å²) in [6.45, 7) is 0. The van der Waals surface area contributed by atoms with Crippen molar-refractivity contribution >= 4 is 11.7 Å². The van der Waals surface area contributed by atoms with E-state index in [0.717, 1.165) is 0 Å². The Hall–Kier alpha value is -1.95. The van der Waals surface area contributed by atoms with E-state index in [1.54, 1.807) is 29.1 Å². The van der Waals surface area contributed by atoms with Crippen molar-refractivity contribution in [1.29, 1.82) is 0 Å². The first-order chi connectivity index (χ1) is 7.16. The lowest BCUT2D eigenvalue weighted by atomic mass is 10.2. The van der Waals surface area contributed by atoms with Crippen LogP contribution in [-0.4, -0.2) is 25.4 Å². The zero-order valence-electron chi connectivity index (χ0n) is 7.87. The fourth-order valence-corrected chi connectivity index (χ4v) is 1.32. The van der Waals surface area contributed by atoms with Gasteiger partial charge >= 0.3 is 5.97 Å². The third kappa shape index (κ3) is 1.94. The molecule has 6 heteroatoms. The van der Waals surface area contributed by atoms with Crippen molar-refractivity contribution in [3.8, 4) is 0 Å². The topological polar surface area (TPSA) is 93.5 Å². The molecule has 1 unspecified atom stereocenters. The minimum absolute atomic E-state index is 0.135. The molecule has 6 nitrogen and oxygen atoms in total. The van der Waals surface area contributed by atoms with Crippen molar-refractivity contribution in [1.82, 2.24) is 14.4 Å². The number of carboxylic acid groups (broad SMARTS) is 1. The second kappa shape index (κ2) is 3.66. The molecule has 0 aliphatic carbocycles. The summed E-state index contributed by atoms with van der Waals surface area (Å²) in [4.78, 5) is 18.6. The molecule has 3 N–H and O–H groups in total. The zero-order chi connectivity index (χ0) is 10.8. The van der Waals surface area contributed by atoms with E-state index < -0.39 is 12.0 Å². The highest BCUT2D eigenvalue weighted by Gasteiger charge is 2.14. The molecular formula is C9H10N4O2. The second-order valence-electron chi connectivity index (χ2n) is 3.20. The van der Waals surface area contributed by atoms with Gasteiger partial charge in [-0.25, -0.2) is 9.97 Å². The van der Waals surface area contributed by atoms with E-state index in [-0.39, 0.29) is 6.42 Å². The lowest BCUT2D eigenvalue weighted by molar-refractivity contribution is -0.137. The van der Waals surface area contributed by atoms with Crippen LogP contribution in [0, 0.1) is 0 Å². The van der Waals surface area contributed by atoms with E-state index in [9.17, 15) is 4.79 Å². The summed E-state index contributed by atoms with van der Waals surface area (Å²) in [6.07, 6.45) is 4.96. The molecular weight excluding hydrogens is 196 g/mol. The van der Waals surface area contributed by atoms with Crippen LogP contribution in [0.25, 0.3) is 5.78 Å². The van der Waals surface area contributed by atoms with Gasteiger partial charge in [0.1, 0.15) is 0 Å². The van der Waals surface area contributed by atoms with E-state index in [2.05, 4.69) is 9.97 Å². The Morgan fingerprint density at radius 2 is 2.47 bits per heavy atom. The molecule has 0 aromatic carbocycles. The molecule has 2 aromatic heterocycles. The van der Waals surface area contributed by atoms with Crippen molar-refractivity contribution in [2.45, 2.75) is 12.5 Å². The molecule has 15 heavy (non-hydrogen) atoms. The van der Waals surface area contributed by atoms with Crippen LogP contribution in [0.5, 0.6) is 0 Å². The van der Waals surface area contributed by atoms with E-state index in [1.807, 2.05) is 0 Å². The Balaban J connectivity index is 2.32. The lowest BCUT2D eigenvalue weighted by Gasteiger charge is -2.02. The van der Waals surface area contributed by atoms with Gasteiger partial charge in [-0.15, -0.1) is 0 Å². The molecule has 0 saturated carbocycles. The maximum atomic E-state index is 10.5. The zero-order valence-corrected chi connectivity index (χ0v) is 7.87. The third-order valence-electron chi connectivity index (χ3n) is 2.03. The maximum absolute atomic E-state index is 10.5. The van der Waals surface area contributed by atoms with Crippen LogP contribution in [0.2, 0.25) is 0 Å². The molecule has 2 aromatic rings. The largest absolute Gasteiger partial charge is 0.481 e. The number of hydrogen-bond acceptors (Lipinski definition) is 4. The quantitative estimate of drug-likeness (QED) is 0.748. The number of nitrogens with two attached hydrogens (primary N) is 1. The number of fused-ring (bicyclic) bond motifs is 1. The summed E-state index contributed by atoms with van der Waals surface area (Å²) < 4.78 is 1.71. The number of rotatable bonds is 3. The van der Waals surface area contributed by atoms with Crippen molar-refractivity contribution in [3.63, 3.8) is 0 Å². The van der Waals surface area contributed by atoms with Crippen molar-refractivity contribution in [2.75, 3.05) is 0 Å². The Kier molecular flexibility index (Phi) is 2.34. The van der Waals surface area contributed by atoms with Crippen molar-refractivity contribution in [2.24, 2.45) is 5.73 Å². The van der Waals surface area contributed by atoms with Gasteiger partial charge in [0.25, 0.3) is 0 Å². The van der Waals surface area contributed by atoms with Gasteiger partial charge in [0.05, 0.1) is 18.2 Å². The summed E-state index contributed by atoms with van der Waals surface area (Å²) in [7, 11) is 0. The van der Waals surface area contributed by atoms with E-state index in [1.165, 1.54) is 0 Å². The van der Waals surface area contributed by atoms with Crippen LogP contribution in [0.15, 0.2) is 24.7 Å². The first-order valence-corrected chi connectivity index (χ1v) is 4.44. The van der Waals surface area contributed by atoms with Crippen LogP contribution in [-0.2, 0) is 4.79 Å². The minimum Gasteiger partial charge on any atom is -0.481 e. The molecule has 0 saturated heterocycles. The fourth-order valence-electron chi connectivity index (χ4n) is 1.32. The second-order valence-corrected chi connectivity index (χ2v) is 3.20. The molecule has 0 spiro atoms. The van der Waals surface area contributed by atoms with Gasteiger partial charge in [-0.1, -0.05) is 0 Å². The number of imidazole rings is 1. The highest BCUT2D eigenvalue weighted by atomic mass is 16.4. The van der Waals surface area contributed by atoms with E-state index in [4.69, 9.17) is 10.8 Å². The highest BCUT2D eigenvalue weighted by molar-refractivity contribution is 5.67. The standard InChI is InChI=1S/C9H10N4O2/c10-6(4-8(14)15)7-5-13-3-1-2-11-9(13)12-7/h1-3,5-6H,4,10H2,(H,14,15). The van der Waals surface area contributed by atoms with Crippen LogP contribution in [0.4, 0.5) is 0 Å². The first kappa shape index (κ1) is 9.60. The number of aromatic nitrogens is 3. The molecule has 0 aliphatic heterocycles. The highest BCUT2D eigenvalue weighted by Crippen LogP contribution is 2.12. The number of carbonyl (C=O) groups is 1. The number of carboxylic acids is 1. The molecule has 0 fully saturated rings. The van der Waals surface area contributed by atoms with E-state index in [0.29, 0.717) is 11.5 Å². The normalized spacial score (nSPS) is 12.9. The van der Waals surface area contributed by atoms with Gasteiger partial charge in [0.2, 0.25) is 5.78 Å². The Labute approximate surface area is 85.4 Å². The average Bonchev–Trinajstić information content (AvgIpc) is 2.59. The lowest BCUT2D eigenvalue weighted by Crippen LogP contribution is -2.15. The van der Waals surface area contributed by atoms with Gasteiger partial charge in [-0.05, 0) is 6.07 Å². The van der Waals surface area contributed by atoms with Crippen molar-refractivity contribution in [3.05, 3.63) is 30.4 Å². The molecule has 78 valence electrons. The first-order valence-electron chi connectivity index (χ1n) is 4.44. The van der Waals surface area contributed by atoms with Gasteiger partial charge in [0, 0.05) is 18.6 Å². The number of nitrogens with zero attached hydrogens (tertiary/aromatic N) is 3. The van der Waals surface area contributed by atoms with Crippen LogP contribution in [0.3, 0.4) is 0 Å². The summed E-state index contributed by atoms with van der Waals surface area (Å²) in [5.41, 5.74) is 6.21. The Bertz CT molecular complexity index is 461. The molecule has 0 bridgehead atoms. The van der Waals surface area contributed by atoms with Gasteiger partial charge < -0.3 is 10.8 Å². The summed E-state index contributed by atoms with van der Waals surface area (Å²) in [5.74, 6) is -0.416. The number of aliphatic carboxylic acids is 1. The van der Waals surface area contributed by atoms with Gasteiger partial charge in [-0.2, -0.15) is 0 Å². The molecule has 0 aliphatic rings. The van der Waals surface area contributed by atoms with Crippen LogP contribution in [0.1, 0.15) is 18.2 Å². The Morgan fingerprint density at radius 1 is 1.67 bits per heavy atom. The molecule has 0 radical (unpaired) electrons. The van der Waals surface area contributed by atoms with Crippen molar-refractivity contribution < 1.29 is 9.90 Å². The monoisotopic (exact) mass is 206 g/mol. The van der Waals surface area contributed by atoms with E-state index >= 15 is 0 Å². The van der Waals surface area contributed by atoms with Crippen LogP contribution < -0.4 is 5.73 Å². The molecule has 2 heterocycles.